The maximum absolute atomic E-state index is 11.2. The van der Waals surface area contributed by atoms with Crippen molar-refractivity contribution in [1.82, 2.24) is 9.97 Å². The van der Waals surface area contributed by atoms with Crippen molar-refractivity contribution < 1.29 is 4.79 Å². The number of unbranched alkanes of at least 4 members (excludes halogenated alkanes) is 1. The average Bonchev–Trinajstić information content (AvgIpc) is 2.33. The Balaban J connectivity index is 3.02. The van der Waals surface area contributed by atoms with Gasteiger partial charge in [0, 0.05) is 18.5 Å². The number of nitrogens with two attached hydrogens (primary N) is 1. The molecule has 1 amide bonds. The molecule has 0 aliphatic carbocycles. The van der Waals surface area contributed by atoms with E-state index < -0.39 is 0 Å². The van der Waals surface area contributed by atoms with Gasteiger partial charge in [-0.2, -0.15) is 0 Å². The molecule has 0 unspecified atom stereocenters. The molecule has 0 bridgehead atoms. The van der Waals surface area contributed by atoms with Crippen LogP contribution in [0.15, 0.2) is 6.07 Å². The van der Waals surface area contributed by atoms with Crippen LogP contribution >= 0.6 is 11.6 Å². The molecular weight excluding hydrogens is 264 g/mol. The summed E-state index contributed by atoms with van der Waals surface area (Å²) in [5.74, 6) is 1.14. The number of aromatic nitrogens is 2. The third-order valence-electron chi connectivity index (χ3n) is 2.67. The second-order valence-corrected chi connectivity index (χ2v) is 5.19. The summed E-state index contributed by atoms with van der Waals surface area (Å²) >= 11 is 6.01. The minimum atomic E-state index is -0.378. The summed E-state index contributed by atoms with van der Waals surface area (Å²) in [5.41, 5.74) is 5.28. The summed E-state index contributed by atoms with van der Waals surface area (Å²) < 4.78 is 0. The van der Waals surface area contributed by atoms with E-state index >= 15 is 0 Å². The normalized spacial score (nSPS) is 10.8. The van der Waals surface area contributed by atoms with E-state index in [2.05, 4.69) is 16.9 Å². The van der Waals surface area contributed by atoms with Crippen molar-refractivity contribution in [2.75, 3.05) is 18.0 Å². The van der Waals surface area contributed by atoms with Crippen molar-refractivity contribution in [3.63, 3.8) is 0 Å². The van der Waals surface area contributed by atoms with Crippen LogP contribution in [0.3, 0.4) is 0 Å². The van der Waals surface area contributed by atoms with Gasteiger partial charge < -0.3 is 10.6 Å². The van der Waals surface area contributed by atoms with Gasteiger partial charge in [0.2, 0.25) is 5.91 Å². The first-order valence-corrected chi connectivity index (χ1v) is 6.89. The third kappa shape index (κ3) is 5.03. The molecule has 1 heterocycles. The molecule has 6 heteroatoms. The molecule has 0 radical (unpaired) electrons. The van der Waals surface area contributed by atoms with E-state index in [4.69, 9.17) is 17.3 Å². The van der Waals surface area contributed by atoms with Crippen LogP contribution in [-0.2, 0) is 4.79 Å². The number of amides is 1. The molecule has 0 saturated heterocycles. The maximum atomic E-state index is 11.2. The van der Waals surface area contributed by atoms with Gasteiger partial charge in [0.15, 0.2) is 0 Å². The van der Waals surface area contributed by atoms with Crippen LogP contribution < -0.4 is 10.6 Å². The molecule has 1 rings (SSSR count). The number of rotatable bonds is 7. The summed E-state index contributed by atoms with van der Waals surface area (Å²) in [4.78, 5) is 21.7. The maximum Gasteiger partial charge on any atom is 0.236 e. The molecule has 0 fully saturated rings. The molecule has 19 heavy (non-hydrogen) atoms. The monoisotopic (exact) mass is 284 g/mol. The Morgan fingerprint density at radius 1 is 1.47 bits per heavy atom. The summed E-state index contributed by atoms with van der Waals surface area (Å²) in [5, 5.41) is 0.389. The lowest BCUT2D eigenvalue weighted by Gasteiger charge is -2.22. The number of nitrogens with zero attached hydrogens (tertiary/aromatic N) is 3. The highest BCUT2D eigenvalue weighted by atomic mass is 35.5. The molecule has 0 aliphatic rings. The number of primary amides is 1. The molecule has 1 aromatic heterocycles. The van der Waals surface area contributed by atoms with Crippen LogP contribution in [0.1, 0.15) is 45.4 Å². The molecule has 2 N–H and O–H groups in total. The number of anilines is 1. The van der Waals surface area contributed by atoms with Gasteiger partial charge in [-0.3, -0.25) is 4.79 Å². The number of carbonyl (C=O) groups excluding carboxylic acids is 1. The van der Waals surface area contributed by atoms with Crippen LogP contribution in [-0.4, -0.2) is 29.0 Å². The molecule has 0 aromatic carbocycles. The van der Waals surface area contributed by atoms with Crippen molar-refractivity contribution in [2.45, 2.75) is 39.5 Å². The first-order chi connectivity index (χ1) is 8.93. The van der Waals surface area contributed by atoms with Gasteiger partial charge in [-0.1, -0.05) is 38.8 Å². The average molecular weight is 285 g/mol. The van der Waals surface area contributed by atoms with E-state index in [1.165, 1.54) is 0 Å². The van der Waals surface area contributed by atoms with Gasteiger partial charge in [-0.05, 0) is 6.42 Å². The molecule has 1 aromatic rings. The Morgan fingerprint density at radius 2 is 2.16 bits per heavy atom. The number of hydrogen-bond acceptors (Lipinski definition) is 4. The zero-order valence-corrected chi connectivity index (χ0v) is 12.4. The highest BCUT2D eigenvalue weighted by Gasteiger charge is 2.14. The molecular formula is C13H21ClN4O. The smallest absolute Gasteiger partial charge is 0.236 e. The van der Waals surface area contributed by atoms with Gasteiger partial charge in [0.1, 0.15) is 16.8 Å². The SMILES string of the molecule is CCCCN(CC(N)=O)c1cc(Cl)nc(C(C)C)n1. The van der Waals surface area contributed by atoms with Crippen LogP contribution in [0.4, 0.5) is 5.82 Å². The topological polar surface area (TPSA) is 72.1 Å². The minimum absolute atomic E-state index is 0.144. The lowest BCUT2D eigenvalue weighted by molar-refractivity contribution is -0.116. The summed E-state index contributed by atoms with van der Waals surface area (Å²) in [6, 6.07) is 1.67. The Labute approximate surface area is 119 Å². The van der Waals surface area contributed by atoms with E-state index in [1.54, 1.807) is 6.07 Å². The van der Waals surface area contributed by atoms with Gasteiger partial charge >= 0.3 is 0 Å². The Bertz CT molecular complexity index is 437. The highest BCUT2D eigenvalue weighted by molar-refractivity contribution is 6.29. The van der Waals surface area contributed by atoms with E-state index in [9.17, 15) is 4.79 Å². The largest absolute Gasteiger partial charge is 0.368 e. The summed E-state index contributed by atoms with van der Waals surface area (Å²) in [7, 11) is 0. The number of carbonyl (C=O) groups is 1. The third-order valence-corrected chi connectivity index (χ3v) is 2.86. The Kier molecular flexibility index (Phi) is 6.02. The quantitative estimate of drug-likeness (QED) is 0.780. The van der Waals surface area contributed by atoms with Crippen molar-refractivity contribution in [2.24, 2.45) is 5.73 Å². The van der Waals surface area contributed by atoms with Crippen molar-refractivity contribution in [3.05, 3.63) is 17.0 Å². The number of hydrogen-bond donors (Lipinski definition) is 1. The van der Waals surface area contributed by atoms with Gasteiger partial charge in [0.25, 0.3) is 0 Å². The molecule has 5 nitrogen and oxygen atoms in total. The van der Waals surface area contributed by atoms with Crippen molar-refractivity contribution in [3.8, 4) is 0 Å². The fourth-order valence-electron chi connectivity index (χ4n) is 1.65. The first kappa shape index (κ1) is 15.7. The standard InChI is InChI=1S/C13H21ClN4O/c1-4-5-6-18(8-11(15)19)12-7-10(14)16-13(17-12)9(2)3/h7,9H,4-6,8H2,1-3H3,(H2,15,19). The molecule has 0 aliphatic heterocycles. The highest BCUT2D eigenvalue weighted by Crippen LogP contribution is 2.20. The molecule has 106 valence electrons. The Hall–Kier alpha value is -1.36. The second kappa shape index (κ2) is 7.28. The van der Waals surface area contributed by atoms with Gasteiger partial charge in [0.05, 0.1) is 6.54 Å². The molecule has 0 saturated carbocycles. The lowest BCUT2D eigenvalue weighted by Crippen LogP contribution is -2.35. The summed E-state index contributed by atoms with van der Waals surface area (Å²) in [6.45, 7) is 6.96. The van der Waals surface area contributed by atoms with Crippen molar-refractivity contribution >= 4 is 23.3 Å². The van der Waals surface area contributed by atoms with Crippen LogP contribution in [0.2, 0.25) is 5.15 Å². The molecule has 0 spiro atoms. The van der Waals surface area contributed by atoms with Crippen LogP contribution in [0, 0.1) is 0 Å². The van der Waals surface area contributed by atoms with E-state index in [1.807, 2.05) is 18.7 Å². The first-order valence-electron chi connectivity index (χ1n) is 6.51. The molecule has 0 atom stereocenters. The predicted octanol–water partition coefficient (Wildman–Crippen LogP) is 2.35. The summed E-state index contributed by atoms with van der Waals surface area (Å²) in [6.07, 6.45) is 2.00. The van der Waals surface area contributed by atoms with Gasteiger partial charge in [-0.15, -0.1) is 0 Å². The fraction of sp³-hybridized carbons (Fsp3) is 0.615. The minimum Gasteiger partial charge on any atom is -0.368 e. The second-order valence-electron chi connectivity index (χ2n) is 4.80. The Morgan fingerprint density at radius 3 is 2.68 bits per heavy atom. The van der Waals surface area contributed by atoms with E-state index in [-0.39, 0.29) is 18.4 Å². The lowest BCUT2D eigenvalue weighted by atomic mass is 10.2. The number of halogens is 1. The van der Waals surface area contributed by atoms with Gasteiger partial charge in [-0.25, -0.2) is 9.97 Å². The van der Waals surface area contributed by atoms with Crippen molar-refractivity contribution in [1.29, 1.82) is 0 Å². The van der Waals surface area contributed by atoms with Crippen LogP contribution in [0.5, 0.6) is 0 Å². The zero-order chi connectivity index (χ0) is 14.4. The van der Waals surface area contributed by atoms with E-state index in [0.29, 0.717) is 16.8 Å². The van der Waals surface area contributed by atoms with E-state index in [0.717, 1.165) is 19.4 Å². The zero-order valence-electron chi connectivity index (χ0n) is 11.7. The fourth-order valence-corrected chi connectivity index (χ4v) is 1.84. The van der Waals surface area contributed by atoms with Crippen LogP contribution in [0.25, 0.3) is 0 Å². The predicted molar refractivity (Wildman–Crippen MR) is 77.4 cm³/mol.